The summed E-state index contributed by atoms with van der Waals surface area (Å²) in [5.74, 6) is 0.998. The molecule has 2 rings (SSSR count). The first-order valence-electron chi connectivity index (χ1n) is 5.72. The largest absolute Gasteiger partial charge is 0.494 e. The fraction of sp³-hybridized carbons (Fsp3) is 0.231. The minimum atomic E-state index is -0.203. The molecule has 1 amide bonds. The summed E-state index contributed by atoms with van der Waals surface area (Å²) in [6.07, 6.45) is 3.40. The van der Waals surface area contributed by atoms with Crippen LogP contribution >= 0.6 is 0 Å². The number of amides is 1. The molecule has 0 saturated heterocycles. The molecular weight excluding hydrogens is 230 g/mol. The molecule has 0 atom stereocenters. The number of hydrogen-bond acceptors (Lipinski definition) is 3. The van der Waals surface area contributed by atoms with Crippen molar-refractivity contribution in [2.45, 2.75) is 6.92 Å². The molecule has 0 unspecified atom stereocenters. The molecule has 0 aliphatic rings. The van der Waals surface area contributed by atoms with E-state index in [0.717, 1.165) is 0 Å². The van der Waals surface area contributed by atoms with Crippen LogP contribution in [-0.2, 0) is 7.05 Å². The van der Waals surface area contributed by atoms with Crippen LogP contribution in [0.25, 0.3) is 0 Å². The third-order valence-corrected chi connectivity index (χ3v) is 2.45. The molecule has 0 spiro atoms. The molecule has 0 aliphatic heterocycles. The fourth-order valence-corrected chi connectivity index (χ4v) is 1.55. The van der Waals surface area contributed by atoms with E-state index in [0.29, 0.717) is 23.9 Å². The van der Waals surface area contributed by atoms with E-state index >= 15 is 0 Å². The SMILES string of the molecule is CCOc1cccc(C(=O)Nc2nccn2C)c1. The summed E-state index contributed by atoms with van der Waals surface area (Å²) in [6.45, 7) is 2.48. The van der Waals surface area contributed by atoms with E-state index in [1.165, 1.54) is 0 Å². The Morgan fingerprint density at radius 1 is 1.50 bits per heavy atom. The van der Waals surface area contributed by atoms with Gasteiger partial charge in [0.2, 0.25) is 5.95 Å². The maximum atomic E-state index is 12.0. The van der Waals surface area contributed by atoms with Gasteiger partial charge in [0.05, 0.1) is 6.61 Å². The van der Waals surface area contributed by atoms with Gasteiger partial charge in [0.25, 0.3) is 5.91 Å². The average molecular weight is 245 g/mol. The van der Waals surface area contributed by atoms with Crippen LogP contribution in [0.3, 0.4) is 0 Å². The highest BCUT2D eigenvalue weighted by Gasteiger charge is 2.09. The molecule has 0 aliphatic carbocycles. The smallest absolute Gasteiger partial charge is 0.258 e. The van der Waals surface area contributed by atoms with Gasteiger partial charge in [-0.3, -0.25) is 10.1 Å². The van der Waals surface area contributed by atoms with Crippen molar-refractivity contribution in [1.82, 2.24) is 9.55 Å². The Hall–Kier alpha value is -2.30. The second-order valence-corrected chi connectivity index (χ2v) is 3.78. The van der Waals surface area contributed by atoms with Crippen molar-refractivity contribution in [2.24, 2.45) is 7.05 Å². The van der Waals surface area contributed by atoms with Gasteiger partial charge in [-0.1, -0.05) is 6.07 Å². The number of ether oxygens (including phenoxy) is 1. The number of carbonyl (C=O) groups excluding carboxylic acids is 1. The second-order valence-electron chi connectivity index (χ2n) is 3.78. The molecule has 0 bridgehead atoms. The Morgan fingerprint density at radius 3 is 3.00 bits per heavy atom. The van der Waals surface area contributed by atoms with E-state index in [4.69, 9.17) is 4.74 Å². The first-order valence-corrected chi connectivity index (χ1v) is 5.72. The van der Waals surface area contributed by atoms with Crippen molar-refractivity contribution < 1.29 is 9.53 Å². The lowest BCUT2D eigenvalue weighted by Crippen LogP contribution is -2.15. The maximum absolute atomic E-state index is 12.0. The lowest BCUT2D eigenvalue weighted by Gasteiger charge is -2.07. The predicted molar refractivity (Wildman–Crippen MR) is 68.8 cm³/mol. The van der Waals surface area contributed by atoms with Crippen molar-refractivity contribution in [2.75, 3.05) is 11.9 Å². The number of imidazole rings is 1. The zero-order valence-corrected chi connectivity index (χ0v) is 10.4. The number of carbonyl (C=O) groups is 1. The van der Waals surface area contributed by atoms with Crippen LogP contribution < -0.4 is 10.1 Å². The van der Waals surface area contributed by atoms with Gasteiger partial charge in [-0.05, 0) is 25.1 Å². The van der Waals surface area contributed by atoms with E-state index < -0.39 is 0 Å². The summed E-state index contributed by atoms with van der Waals surface area (Å²) >= 11 is 0. The Balaban J connectivity index is 2.14. The lowest BCUT2D eigenvalue weighted by molar-refractivity contribution is 0.102. The fourth-order valence-electron chi connectivity index (χ4n) is 1.55. The van der Waals surface area contributed by atoms with Gasteiger partial charge >= 0.3 is 0 Å². The normalized spacial score (nSPS) is 10.1. The number of aromatic nitrogens is 2. The number of aryl methyl sites for hydroxylation is 1. The number of nitrogens with zero attached hydrogens (tertiary/aromatic N) is 2. The summed E-state index contributed by atoms with van der Waals surface area (Å²) in [5, 5.41) is 2.73. The second kappa shape index (κ2) is 5.35. The Bertz CT molecular complexity index is 549. The molecular formula is C13H15N3O2. The van der Waals surface area contributed by atoms with Crippen LogP contribution in [0.5, 0.6) is 5.75 Å². The third kappa shape index (κ3) is 2.68. The molecule has 0 fully saturated rings. The molecule has 5 nitrogen and oxygen atoms in total. The Kier molecular flexibility index (Phi) is 3.62. The Morgan fingerprint density at radius 2 is 2.33 bits per heavy atom. The van der Waals surface area contributed by atoms with Gasteiger partial charge in [-0.25, -0.2) is 4.98 Å². The zero-order valence-electron chi connectivity index (χ0n) is 10.4. The molecule has 94 valence electrons. The van der Waals surface area contributed by atoms with Gasteiger partial charge in [-0.2, -0.15) is 0 Å². The van der Waals surface area contributed by atoms with Crippen molar-refractivity contribution in [3.8, 4) is 5.75 Å². The number of hydrogen-bond donors (Lipinski definition) is 1. The van der Waals surface area contributed by atoms with Gasteiger partial charge in [0, 0.05) is 25.0 Å². The summed E-state index contributed by atoms with van der Waals surface area (Å²) in [6, 6.07) is 7.06. The van der Waals surface area contributed by atoms with Crippen molar-refractivity contribution in [3.05, 3.63) is 42.2 Å². The topological polar surface area (TPSA) is 56.1 Å². The van der Waals surface area contributed by atoms with Crippen LogP contribution in [0.1, 0.15) is 17.3 Å². The van der Waals surface area contributed by atoms with E-state index in [2.05, 4.69) is 10.3 Å². The Labute approximate surface area is 105 Å². The molecule has 5 heteroatoms. The molecule has 1 aromatic heterocycles. The predicted octanol–water partition coefficient (Wildman–Crippen LogP) is 2.07. The molecule has 2 aromatic rings. The van der Waals surface area contributed by atoms with E-state index in [1.807, 2.05) is 20.0 Å². The molecule has 1 heterocycles. The minimum absolute atomic E-state index is 0.203. The van der Waals surface area contributed by atoms with Crippen LogP contribution in [0, 0.1) is 0 Å². The van der Waals surface area contributed by atoms with Gasteiger partial charge in [0.15, 0.2) is 0 Å². The standard InChI is InChI=1S/C13H15N3O2/c1-3-18-11-6-4-5-10(9-11)12(17)15-13-14-7-8-16(13)2/h4-9H,3H2,1-2H3,(H,14,15,17). The van der Waals surface area contributed by atoms with Gasteiger partial charge in [-0.15, -0.1) is 0 Å². The molecule has 1 aromatic carbocycles. The summed E-state index contributed by atoms with van der Waals surface area (Å²) < 4.78 is 7.10. The van der Waals surface area contributed by atoms with Gasteiger partial charge < -0.3 is 9.30 Å². The number of rotatable bonds is 4. The van der Waals surface area contributed by atoms with Crippen LogP contribution in [0.4, 0.5) is 5.95 Å². The van der Waals surface area contributed by atoms with E-state index in [-0.39, 0.29) is 5.91 Å². The first-order chi connectivity index (χ1) is 8.70. The highest BCUT2D eigenvalue weighted by atomic mass is 16.5. The highest BCUT2D eigenvalue weighted by Crippen LogP contribution is 2.14. The van der Waals surface area contributed by atoms with Crippen LogP contribution in [0.2, 0.25) is 0 Å². The summed E-state index contributed by atoms with van der Waals surface area (Å²) in [4.78, 5) is 16.0. The number of benzene rings is 1. The highest BCUT2D eigenvalue weighted by molar-refractivity contribution is 6.03. The van der Waals surface area contributed by atoms with Gasteiger partial charge in [0.1, 0.15) is 5.75 Å². The number of anilines is 1. The quantitative estimate of drug-likeness (QED) is 0.897. The van der Waals surface area contributed by atoms with E-state index in [9.17, 15) is 4.79 Å². The van der Waals surface area contributed by atoms with Crippen LogP contribution in [0.15, 0.2) is 36.7 Å². The zero-order chi connectivity index (χ0) is 13.0. The lowest BCUT2D eigenvalue weighted by atomic mass is 10.2. The number of nitrogens with one attached hydrogen (secondary N) is 1. The maximum Gasteiger partial charge on any atom is 0.258 e. The van der Waals surface area contributed by atoms with Crippen LogP contribution in [-0.4, -0.2) is 22.1 Å². The summed E-state index contributed by atoms with van der Waals surface area (Å²) in [5.41, 5.74) is 0.545. The van der Waals surface area contributed by atoms with Crippen molar-refractivity contribution in [3.63, 3.8) is 0 Å². The minimum Gasteiger partial charge on any atom is -0.494 e. The molecule has 1 N–H and O–H groups in total. The first kappa shape index (κ1) is 12.2. The third-order valence-electron chi connectivity index (χ3n) is 2.45. The summed E-state index contributed by atoms with van der Waals surface area (Å²) in [7, 11) is 1.82. The molecule has 0 saturated carbocycles. The van der Waals surface area contributed by atoms with E-state index in [1.54, 1.807) is 35.2 Å². The van der Waals surface area contributed by atoms with Crippen molar-refractivity contribution in [1.29, 1.82) is 0 Å². The molecule has 18 heavy (non-hydrogen) atoms. The van der Waals surface area contributed by atoms with Crippen molar-refractivity contribution >= 4 is 11.9 Å². The average Bonchev–Trinajstić information content (AvgIpc) is 2.76. The monoisotopic (exact) mass is 245 g/mol. The molecule has 0 radical (unpaired) electrons.